The van der Waals surface area contributed by atoms with E-state index < -0.39 is 0 Å². The van der Waals surface area contributed by atoms with Crippen LogP contribution in [0.15, 0.2) is 42.7 Å². The molecule has 0 spiro atoms. The van der Waals surface area contributed by atoms with Gasteiger partial charge in [0, 0.05) is 23.5 Å². The van der Waals surface area contributed by atoms with E-state index in [2.05, 4.69) is 20.5 Å². The SMILES string of the molecule is CCOC(=O)Cc1nnc(NC(=O)c2ccc(OCc3cccnc3)c(OCC)c2)s1. The molecule has 31 heavy (non-hydrogen) atoms. The second kappa shape index (κ2) is 11.0. The van der Waals surface area contributed by atoms with Gasteiger partial charge in [0.1, 0.15) is 11.6 Å². The lowest BCUT2D eigenvalue weighted by atomic mass is 10.2. The van der Waals surface area contributed by atoms with Crippen LogP contribution in [0.25, 0.3) is 0 Å². The Morgan fingerprint density at radius 1 is 1.06 bits per heavy atom. The predicted molar refractivity (Wildman–Crippen MR) is 114 cm³/mol. The molecular weight excluding hydrogens is 420 g/mol. The van der Waals surface area contributed by atoms with Gasteiger partial charge in [-0.15, -0.1) is 10.2 Å². The average molecular weight is 442 g/mol. The summed E-state index contributed by atoms with van der Waals surface area (Å²) in [7, 11) is 0. The zero-order chi connectivity index (χ0) is 22.1. The molecule has 0 unspecified atom stereocenters. The van der Waals surface area contributed by atoms with Gasteiger partial charge in [-0.2, -0.15) is 0 Å². The number of anilines is 1. The van der Waals surface area contributed by atoms with E-state index in [-0.39, 0.29) is 18.3 Å². The van der Waals surface area contributed by atoms with Crippen molar-refractivity contribution in [1.82, 2.24) is 15.2 Å². The summed E-state index contributed by atoms with van der Waals surface area (Å²) in [5, 5.41) is 11.2. The fourth-order valence-electron chi connectivity index (χ4n) is 2.56. The largest absolute Gasteiger partial charge is 0.490 e. The summed E-state index contributed by atoms with van der Waals surface area (Å²) in [6.07, 6.45) is 3.43. The molecule has 0 aliphatic heterocycles. The topological polar surface area (TPSA) is 113 Å². The maximum absolute atomic E-state index is 12.6. The maximum atomic E-state index is 12.6. The maximum Gasteiger partial charge on any atom is 0.312 e. The summed E-state index contributed by atoms with van der Waals surface area (Å²) >= 11 is 1.12. The summed E-state index contributed by atoms with van der Waals surface area (Å²) in [6, 6.07) is 8.67. The zero-order valence-electron chi connectivity index (χ0n) is 17.2. The van der Waals surface area contributed by atoms with E-state index in [4.69, 9.17) is 14.2 Å². The number of carbonyl (C=O) groups is 2. The smallest absolute Gasteiger partial charge is 0.312 e. The van der Waals surface area contributed by atoms with E-state index in [0.717, 1.165) is 16.9 Å². The van der Waals surface area contributed by atoms with Crippen LogP contribution in [0.2, 0.25) is 0 Å². The van der Waals surface area contributed by atoms with Crippen LogP contribution in [0.1, 0.15) is 34.8 Å². The first-order valence-electron chi connectivity index (χ1n) is 9.67. The molecule has 3 rings (SSSR count). The van der Waals surface area contributed by atoms with Gasteiger partial charge < -0.3 is 14.2 Å². The number of carbonyl (C=O) groups excluding carboxylic acids is 2. The number of ether oxygens (including phenoxy) is 3. The monoisotopic (exact) mass is 442 g/mol. The molecule has 1 amide bonds. The summed E-state index contributed by atoms with van der Waals surface area (Å²) in [4.78, 5) is 28.2. The summed E-state index contributed by atoms with van der Waals surface area (Å²) < 4.78 is 16.4. The van der Waals surface area contributed by atoms with E-state index in [1.54, 1.807) is 37.5 Å². The predicted octanol–water partition coefficient (Wildman–Crippen LogP) is 3.27. The highest BCUT2D eigenvalue weighted by atomic mass is 32.1. The number of rotatable bonds is 10. The molecule has 2 heterocycles. The lowest BCUT2D eigenvalue weighted by Gasteiger charge is -2.13. The Kier molecular flexibility index (Phi) is 7.88. The number of pyridine rings is 1. The highest BCUT2D eigenvalue weighted by Gasteiger charge is 2.15. The van der Waals surface area contributed by atoms with Crippen LogP contribution in [-0.4, -0.2) is 40.3 Å². The first kappa shape index (κ1) is 22.2. The van der Waals surface area contributed by atoms with Crippen LogP contribution in [0.3, 0.4) is 0 Å². The van der Waals surface area contributed by atoms with Crippen molar-refractivity contribution in [2.45, 2.75) is 26.9 Å². The van der Waals surface area contributed by atoms with Crippen molar-refractivity contribution in [1.29, 1.82) is 0 Å². The Bertz CT molecular complexity index is 1030. The molecular formula is C21H22N4O5S. The molecule has 2 aromatic heterocycles. The third kappa shape index (κ3) is 6.48. The molecule has 0 fully saturated rings. The summed E-state index contributed by atoms with van der Waals surface area (Å²) in [5.74, 6) is 0.215. The minimum atomic E-state index is -0.389. The Labute approximate surface area is 183 Å². The first-order chi connectivity index (χ1) is 15.1. The van der Waals surface area contributed by atoms with Gasteiger partial charge in [-0.25, -0.2) is 0 Å². The van der Waals surface area contributed by atoms with Crippen molar-refractivity contribution in [2.24, 2.45) is 0 Å². The van der Waals surface area contributed by atoms with Crippen molar-refractivity contribution in [3.63, 3.8) is 0 Å². The van der Waals surface area contributed by atoms with Gasteiger partial charge >= 0.3 is 5.97 Å². The molecule has 10 heteroatoms. The van der Waals surface area contributed by atoms with Gasteiger partial charge in [-0.05, 0) is 38.1 Å². The number of benzene rings is 1. The van der Waals surface area contributed by atoms with Crippen molar-refractivity contribution < 1.29 is 23.8 Å². The molecule has 162 valence electrons. The highest BCUT2D eigenvalue weighted by molar-refractivity contribution is 7.15. The van der Waals surface area contributed by atoms with Gasteiger partial charge in [0.2, 0.25) is 5.13 Å². The van der Waals surface area contributed by atoms with E-state index in [9.17, 15) is 9.59 Å². The Hall–Kier alpha value is -3.53. The number of aromatic nitrogens is 3. The molecule has 3 aromatic rings. The Balaban J connectivity index is 1.66. The minimum Gasteiger partial charge on any atom is -0.490 e. The lowest BCUT2D eigenvalue weighted by molar-refractivity contribution is -0.142. The van der Waals surface area contributed by atoms with Crippen LogP contribution in [0.4, 0.5) is 5.13 Å². The van der Waals surface area contributed by atoms with Gasteiger partial charge in [-0.3, -0.25) is 19.9 Å². The average Bonchev–Trinajstić information content (AvgIpc) is 3.20. The van der Waals surface area contributed by atoms with Crippen LogP contribution in [-0.2, 0) is 22.6 Å². The summed E-state index contributed by atoms with van der Waals surface area (Å²) in [6.45, 7) is 4.63. The van der Waals surface area contributed by atoms with Crippen LogP contribution in [0, 0.1) is 0 Å². The highest BCUT2D eigenvalue weighted by Crippen LogP contribution is 2.30. The molecule has 0 aliphatic rings. The van der Waals surface area contributed by atoms with Crippen LogP contribution >= 0.6 is 11.3 Å². The van der Waals surface area contributed by atoms with Crippen molar-refractivity contribution in [3.8, 4) is 11.5 Å². The third-order valence-electron chi connectivity index (χ3n) is 3.91. The molecule has 0 atom stereocenters. The molecule has 0 radical (unpaired) electrons. The number of nitrogens with zero attached hydrogens (tertiary/aromatic N) is 3. The molecule has 0 saturated heterocycles. The Morgan fingerprint density at radius 3 is 2.68 bits per heavy atom. The second-order valence-corrected chi connectivity index (χ2v) is 7.24. The number of hydrogen-bond donors (Lipinski definition) is 1. The Morgan fingerprint density at radius 2 is 1.94 bits per heavy atom. The van der Waals surface area contributed by atoms with E-state index in [1.165, 1.54) is 0 Å². The minimum absolute atomic E-state index is 0.0127. The van der Waals surface area contributed by atoms with Crippen LogP contribution < -0.4 is 14.8 Å². The third-order valence-corrected chi connectivity index (χ3v) is 4.75. The molecule has 1 N–H and O–H groups in total. The zero-order valence-corrected chi connectivity index (χ0v) is 18.0. The normalized spacial score (nSPS) is 10.4. The van der Waals surface area contributed by atoms with Gasteiger partial charge in [0.15, 0.2) is 11.5 Å². The molecule has 0 aliphatic carbocycles. The van der Waals surface area contributed by atoms with Crippen molar-refractivity contribution in [3.05, 3.63) is 58.9 Å². The molecule has 1 aromatic carbocycles. The quantitative estimate of drug-likeness (QED) is 0.476. The lowest BCUT2D eigenvalue weighted by Crippen LogP contribution is -2.12. The number of amides is 1. The van der Waals surface area contributed by atoms with E-state index in [1.807, 2.05) is 19.1 Å². The number of esters is 1. The fraction of sp³-hybridized carbons (Fsp3) is 0.286. The van der Waals surface area contributed by atoms with Gasteiger partial charge in [0.05, 0.1) is 19.6 Å². The molecule has 0 saturated carbocycles. The van der Waals surface area contributed by atoms with Gasteiger partial charge in [0.25, 0.3) is 5.91 Å². The van der Waals surface area contributed by atoms with E-state index in [0.29, 0.717) is 47.0 Å². The molecule has 9 nitrogen and oxygen atoms in total. The van der Waals surface area contributed by atoms with Crippen molar-refractivity contribution >= 4 is 28.3 Å². The standard InChI is InChI=1S/C21H22N4O5S/c1-3-28-17-10-15(7-8-16(17)30-13-14-6-5-9-22-12-14)20(27)23-21-25-24-18(31-21)11-19(26)29-4-2/h5-10,12H,3-4,11,13H2,1-2H3,(H,23,25,27). The van der Waals surface area contributed by atoms with Gasteiger partial charge in [-0.1, -0.05) is 17.4 Å². The number of hydrogen-bond acceptors (Lipinski definition) is 9. The fourth-order valence-corrected chi connectivity index (χ4v) is 3.28. The second-order valence-electron chi connectivity index (χ2n) is 6.18. The molecule has 0 bridgehead atoms. The van der Waals surface area contributed by atoms with Crippen LogP contribution in [0.5, 0.6) is 11.5 Å². The van der Waals surface area contributed by atoms with E-state index >= 15 is 0 Å². The number of nitrogens with one attached hydrogen (secondary N) is 1. The van der Waals surface area contributed by atoms with Crippen molar-refractivity contribution in [2.75, 3.05) is 18.5 Å². The summed E-state index contributed by atoms with van der Waals surface area (Å²) in [5.41, 5.74) is 1.29. The first-order valence-corrected chi connectivity index (χ1v) is 10.5.